The van der Waals surface area contributed by atoms with Gasteiger partial charge in [-0.1, -0.05) is 41.7 Å². The van der Waals surface area contributed by atoms with Crippen LogP contribution in [0.15, 0.2) is 52.4 Å². The standard InChI is InChI=1S/C19H19N3O3S3/c1-12-8-14-9-15(28(20,24)25)6-7-17(14)22(12)18(23)11-27-19-21-16-5-3-2-4-13(16)10-26-19/h2-7,9,12H,8,10-11H2,1H3,(H2,20,24,25). The lowest BCUT2D eigenvalue weighted by molar-refractivity contribution is -0.116. The summed E-state index contributed by atoms with van der Waals surface area (Å²) in [6.07, 6.45) is 0.609. The number of nitrogens with two attached hydrogens (primary N) is 1. The summed E-state index contributed by atoms with van der Waals surface area (Å²) in [4.78, 5) is 19.3. The fourth-order valence-corrected chi connectivity index (χ4v) is 5.93. The molecule has 1 atom stereocenters. The number of amides is 1. The Balaban J connectivity index is 1.49. The number of sulfonamides is 1. The van der Waals surface area contributed by atoms with Crippen molar-refractivity contribution in [1.82, 2.24) is 0 Å². The topological polar surface area (TPSA) is 92.8 Å². The first kappa shape index (κ1) is 19.5. The van der Waals surface area contributed by atoms with Gasteiger partial charge in [-0.15, -0.1) is 0 Å². The Labute approximate surface area is 172 Å². The van der Waals surface area contributed by atoms with E-state index in [0.717, 1.165) is 27.1 Å². The van der Waals surface area contributed by atoms with Gasteiger partial charge in [0.25, 0.3) is 0 Å². The number of hydrogen-bond donors (Lipinski definition) is 1. The van der Waals surface area contributed by atoms with Gasteiger partial charge in [-0.2, -0.15) is 0 Å². The summed E-state index contributed by atoms with van der Waals surface area (Å²) in [5, 5.41) is 5.22. The van der Waals surface area contributed by atoms with Gasteiger partial charge in [-0.05, 0) is 48.7 Å². The summed E-state index contributed by atoms with van der Waals surface area (Å²) in [7, 11) is -3.75. The number of para-hydroxylation sites is 1. The second-order valence-corrected chi connectivity index (χ2v) is 10.5. The number of aliphatic imine (C=N–C) groups is 1. The first-order chi connectivity index (χ1) is 13.3. The van der Waals surface area contributed by atoms with E-state index in [1.165, 1.54) is 23.4 Å². The van der Waals surface area contributed by atoms with Gasteiger partial charge in [0.15, 0.2) is 0 Å². The summed E-state index contributed by atoms with van der Waals surface area (Å²) in [5.74, 6) is 1.13. The molecule has 6 nitrogen and oxygen atoms in total. The molecule has 0 fully saturated rings. The van der Waals surface area contributed by atoms with Crippen molar-refractivity contribution in [3.8, 4) is 0 Å². The van der Waals surface area contributed by atoms with Crippen molar-refractivity contribution in [3.63, 3.8) is 0 Å². The minimum absolute atomic E-state index is 0.0123. The van der Waals surface area contributed by atoms with Gasteiger partial charge in [0.2, 0.25) is 15.9 Å². The Kier molecular flexibility index (Phi) is 5.26. The molecule has 0 spiro atoms. The van der Waals surface area contributed by atoms with Gasteiger partial charge < -0.3 is 4.90 Å². The van der Waals surface area contributed by atoms with Crippen LogP contribution in [0.1, 0.15) is 18.1 Å². The van der Waals surface area contributed by atoms with Crippen LogP contribution in [0.3, 0.4) is 0 Å². The maximum atomic E-state index is 12.9. The lowest BCUT2D eigenvalue weighted by Gasteiger charge is -2.23. The average Bonchev–Trinajstić information content (AvgIpc) is 3.00. The molecule has 9 heteroatoms. The van der Waals surface area contributed by atoms with Crippen molar-refractivity contribution in [2.75, 3.05) is 10.7 Å². The van der Waals surface area contributed by atoms with E-state index < -0.39 is 10.0 Å². The largest absolute Gasteiger partial charge is 0.308 e. The zero-order valence-corrected chi connectivity index (χ0v) is 17.6. The quantitative estimate of drug-likeness (QED) is 0.802. The second kappa shape index (κ2) is 7.55. The van der Waals surface area contributed by atoms with E-state index in [9.17, 15) is 13.2 Å². The lowest BCUT2D eigenvalue weighted by atomic mass is 10.1. The molecule has 1 unspecified atom stereocenters. The third-order valence-electron chi connectivity index (χ3n) is 4.74. The Morgan fingerprint density at radius 1 is 1.29 bits per heavy atom. The highest BCUT2D eigenvalue weighted by Gasteiger charge is 2.32. The molecule has 2 heterocycles. The van der Waals surface area contributed by atoms with E-state index in [1.54, 1.807) is 28.8 Å². The summed E-state index contributed by atoms with van der Waals surface area (Å²) in [5.41, 5.74) is 3.76. The molecule has 0 aromatic heterocycles. The summed E-state index contributed by atoms with van der Waals surface area (Å²) < 4.78 is 24.0. The van der Waals surface area contributed by atoms with Crippen LogP contribution in [-0.4, -0.2) is 30.5 Å². The average molecular weight is 434 g/mol. The van der Waals surface area contributed by atoms with Crippen molar-refractivity contribution in [1.29, 1.82) is 0 Å². The highest BCUT2D eigenvalue weighted by atomic mass is 32.2. The Hall–Kier alpha value is -1.81. The Morgan fingerprint density at radius 2 is 2.07 bits per heavy atom. The first-order valence-corrected chi connectivity index (χ1v) is 12.2. The van der Waals surface area contributed by atoms with Crippen molar-refractivity contribution < 1.29 is 13.2 Å². The molecule has 28 heavy (non-hydrogen) atoms. The molecular weight excluding hydrogens is 414 g/mol. The van der Waals surface area contributed by atoms with Crippen molar-refractivity contribution in [2.45, 2.75) is 30.0 Å². The van der Waals surface area contributed by atoms with E-state index in [-0.39, 0.29) is 22.6 Å². The van der Waals surface area contributed by atoms with E-state index >= 15 is 0 Å². The predicted octanol–water partition coefficient (Wildman–Crippen LogP) is 3.28. The molecule has 0 saturated carbocycles. The summed E-state index contributed by atoms with van der Waals surface area (Å²) in [6, 6.07) is 12.7. The lowest BCUT2D eigenvalue weighted by Crippen LogP contribution is -2.37. The summed E-state index contributed by atoms with van der Waals surface area (Å²) in [6.45, 7) is 1.96. The van der Waals surface area contributed by atoms with Crippen LogP contribution in [0.4, 0.5) is 11.4 Å². The number of primary sulfonamides is 1. The molecule has 146 valence electrons. The zero-order valence-electron chi connectivity index (χ0n) is 15.2. The second-order valence-electron chi connectivity index (χ2n) is 6.74. The number of thioether (sulfide) groups is 2. The first-order valence-electron chi connectivity index (χ1n) is 8.73. The number of rotatable bonds is 3. The van der Waals surface area contributed by atoms with Crippen LogP contribution in [0.2, 0.25) is 0 Å². The zero-order chi connectivity index (χ0) is 19.9. The number of carbonyl (C=O) groups is 1. The third-order valence-corrected chi connectivity index (χ3v) is 7.88. The normalized spacial score (nSPS) is 18.4. The molecule has 0 saturated heterocycles. The maximum Gasteiger partial charge on any atom is 0.238 e. The number of anilines is 1. The Bertz CT molecular complexity index is 1080. The number of benzene rings is 2. The van der Waals surface area contributed by atoms with Crippen LogP contribution in [0, 0.1) is 0 Å². The van der Waals surface area contributed by atoms with Crippen LogP contribution >= 0.6 is 23.5 Å². The van der Waals surface area contributed by atoms with Crippen molar-refractivity contribution in [3.05, 3.63) is 53.6 Å². The molecule has 0 radical (unpaired) electrons. The number of nitrogens with zero attached hydrogens (tertiary/aromatic N) is 2. The van der Waals surface area contributed by atoms with E-state index in [1.807, 2.05) is 25.1 Å². The summed E-state index contributed by atoms with van der Waals surface area (Å²) >= 11 is 3.09. The van der Waals surface area contributed by atoms with Gasteiger partial charge in [0.1, 0.15) is 4.38 Å². The molecule has 1 amide bonds. The van der Waals surface area contributed by atoms with Crippen LogP contribution in [-0.2, 0) is 27.0 Å². The van der Waals surface area contributed by atoms with Gasteiger partial charge in [-0.25, -0.2) is 18.5 Å². The highest BCUT2D eigenvalue weighted by Crippen LogP contribution is 2.37. The fourth-order valence-electron chi connectivity index (χ4n) is 3.44. The molecule has 0 bridgehead atoms. The molecule has 4 rings (SSSR count). The minimum Gasteiger partial charge on any atom is -0.308 e. The van der Waals surface area contributed by atoms with Gasteiger partial charge >= 0.3 is 0 Å². The SMILES string of the molecule is CC1Cc2cc(S(N)(=O)=O)ccc2N1C(=O)CSC1=Nc2ccccc2CS1. The van der Waals surface area contributed by atoms with Crippen LogP contribution < -0.4 is 10.0 Å². The van der Waals surface area contributed by atoms with E-state index in [0.29, 0.717) is 6.42 Å². The predicted molar refractivity (Wildman–Crippen MR) is 116 cm³/mol. The molecule has 2 aliphatic rings. The minimum atomic E-state index is -3.75. The number of fused-ring (bicyclic) bond motifs is 2. The number of carbonyl (C=O) groups excluding carboxylic acids is 1. The highest BCUT2D eigenvalue weighted by molar-refractivity contribution is 8.38. The van der Waals surface area contributed by atoms with Gasteiger partial charge in [0, 0.05) is 17.5 Å². The fraction of sp³-hybridized carbons (Fsp3) is 0.263. The van der Waals surface area contributed by atoms with Crippen molar-refractivity contribution >= 4 is 55.2 Å². The molecule has 0 aliphatic carbocycles. The maximum absolute atomic E-state index is 12.9. The van der Waals surface area contributed by atoms with Crippen LogP contribution in [0.5, 0.6) is 0 Å². The smallest absolute Gasteiger partial charge is 0.238 e. The van der Waals surface area contributed by atoms with Gasteiger partial charge in [-0.3, -0.25) is 4.79 Å². The molecular formula is C19H19N3O3S3. The monoisotopic (exact) mass is 433 g/mol. The molecule has 2 N–H and O–H groups in total. The van der Waals surface area contributed by atoms with E-state index in [2.05, 4.69) is 11.1 Å². The molecule has 2 aromatic rings. The number of hydrogen-bond acceptors (Lipinski definition) is 6. The van der Waals surface area contributed by atoms with E-state index in [4.69, 9.17) is 5.14 Å². The third kappa shape index (κ3) is 3.84. The van der Waals surface area contributed by atoms with Crippen molar-refractivity contribution in [2.24, 2.45) is 10.1 Å². The molecule has 2 aliphatic heterocycles. The Morgan fingerprint density at radius 3 is 2.86 bits per heavy atom. The van der Waals surface area contributed by atoms with Crippen LogP contribution in [0.25, 0.3) is 0 Å². The molecule has 2 aromatic carbocycles. The van der Waals surface area contributed by atoms with Gasteiger partial charge in [0.05, 0.1) is 16.3 Å².